The molecule has 1 fully saturated rings. The molecule has 0 aromatic carbocycles. The smallest absolute Gasteiger partial charge is 0.152 e. The van der Waals surface area contributed by atoms with E-state index in [0.717, 1.165) is 5.82 Å². The highest BCUT2D eigenvalue weighted by atomic mass is 15.5. The van der Waals surface area contributed by atoms with Gasteiger partial charge in [-0.1, -0.05) is 19.3 Å². The number of aromatic nitrogens is 3. The summed E-state index contributed by atoms with van der Waals surface area (Å²) in [4.78, 5) is 5.58. The van der Waals surface area contributed by atoms with Gasteiger partial charge in [-0.2, -0.15) is 4.79 Å². The first-order chi connectivity index (χ1) is 5.88. The Labute approximate surface area is 71.8 Å². The molecule has 1 aromatic rings. The first kappa shape index (κ1) is 7.58. The Morgan fingerprint density at radius 1 is 1.33 bits per heavy atom. The van der Waals surface area contributed by atoms with Crippen LogP contribution in [0, 0.1) is 0 Å². The lowest BCUT2D eigenvalue weighted by Crippen LogP contribution is -2.18. The van der Waals surface area contributed by atoms with E-state index in [4.69, 9.17) is 5.84 Å². The molecule has 1 aromatic heterocycles. The van der Waals surface area contributed by atoms with Crippen LogP contribution >= 0.6 is 0 Å². The topological polar surface area (TPSA) is 56.7 Å². The Balaban J connectivity index is 2.13. The standard InChI is InChI=1S/C8H14N4/c9-12-8(10-6-11-12)7-4-2-1-3-5-7/h6-7H,1-5,9H2. The zero-order chi connectivity index (χ0) is 8.39. The molecule has 1 aliphatic carbocycles. The Bertz CT molecular complexity index is 249. The zero-order valence-electron chi connectivity index (χ0n) is 7.11. The van der Waals surface area contributed by atoms with Crippen LogP contribution in [-0.4, -0.2) is 14.9 Å². The summed E-state index contributed by atoms with van der Waals surface area (Å²) in [5.41, 5.74) is 0. The summed E-state index contributed by atoms with van der Waals surface area (Å²) in [5.74, 6) is 7.12. The van der Waals surface area contributed by atoms with Crippen molar-refractivity contribution in [1.82, 2.24) is 14.9 Å². The van der Waals surface area contributed by atoms with Crippen molar-refractivity contribution in [3.8, 4) is 0 Å². The SMILES string of the molecule is Nn1ncnc1C1CCCCC1. The van der Waals surface area contributed by atoms with Crippen molar-refractivity contribution >= 4 is 0 Å². The van der Waals surface area contributed by atoms with Gasteiger partial charge in [-0.25, -0.2) is 4.98 Å². The highest BCUT2D eigenvalue weighted by Crippen LogP contribution is 2.30. The minimum atomic E-state index is 0.547. The van der Waals surface area contributed by atoms with Gasteiger partial charge in [0.1, 0.15) is 6.33 Å². The second-order valence-corrected chi connectivity index (χ2v) is 3.40. The third-order valence-electron chi connectivity index (χ3n) is 2.57. The van der Waals surface area contributed by atoms with E-state index in [1.165, 1.54) is 43.2 Å². The molecule has 2 rings (SSSR count). The van der Waals surface area contributed by atoms with Gasteiger partial charge in [0.05, 0.1) is 0 Å². The van der Waals surface area contributed by atoms with Crippen LogP contribution in [0.1, 0.15) is 43.8 Å². The maximum Gasteiger partial charge on any atom is 0.152 e. The molecule has 0 bridgehead atoms. The van der Waals surface area contributed by atoms with Crippen molar-refractivity contribution in [2.24, 2.45) is 0 Å². The minimum absolute atomic E-state index is 0.547. The Morgan fingerprint density at radius 2 is 2.08 bits per heavy atom. The predicted molar refractivity (Wildman–Crippen MR) is 46.0 cm³/mol. The molecule has 4 nitrogen and oxygen atoms in total. The lowest BCUT2D eigenvalue weighted by molar-refractivity contribution is 0.420. The van der Waals surface area contributed by atoms with Crippen LogP contribution in [0.3, 0.4) is 0 Å². The Hall–Kier alpha value is -1.06. The molecule has 0 radical (unpaired) electrons. The quantitative estimate of drug-likeness (QED) is 0.634. The Morgan fingerprint density at radius 3 is 2.67 bits per heavy atom. The number of rotatable bonds is 1. The van der Waals surface area contributed by atoms with Gasteiger partial charge in [-0.15, -0.1) is 5.10 Å². The van der Waals surface area contributed by atoms with E-state index in [0.29, 0.717) is 5.92 Å². The lowest BCUT2D eigenvalue weighted by atomic mass is 9.89. The molecule has 12 heavy (non-hydrogen) atoms. The Kier molecular flexibility index (Phi) is 1.98. The van der Waals surface area contributed by atoms with Crippen LogP contribution in [0.15, 0.2) is 6.33 Å². The van der Waals surface area contributed by atoms with Gasteiger partial charge < -0.3 is 5.84 Å². The number of nitrogens with zero attached hydrogens (tertiary/aromatic N) is 3. The van der Waals surface area contributed by atoms with E-state index in [2.05, 4.69) is 10.1 Å². The zero-order valence-corrected chi connectivity index (χ0v) is 7.11. The number of hydrogen-bond donors (Lipinski definition) is 1. The van der Waals surface area contributed by atoms with Gasteiger partial charge in [0, 0.05) is 5.92 Å². The molecule has 1 saturated carbocycles. The molecule has 0 atom stereocenters. The van der Waals surface area contributed by atoms with E-state index in [9.17, 15) is 0 Å². The lowest BCUT2D eigenvalue weighted by Gasteiger charge is -2.19. The summed E-state index contributed by atoms with van der Waals surface area (Å²) < 4.78 is 0. The summed E-state index contributed by atoms with van der Waals surface area (Å²) in [6, 6.07) is 0. The molecule has 66 valence electrons. The molecule has 0 saturated heterocycles. The summed E-state index contributed by atoms with van der Waals surface area (Å²) in [6.07, 6.45) is 7.93. The maximum atomic E-state index is 5.61. The molecule has 0 aliphatic heterocycles. The third kappa shape index (κ3) is 1.29. The second-order valence-electron chi connectivity index (χ2n) is 3.40. The first-order valence-corrected chi connectivity index (χ1v) is 4.53. The van der Waals surface area contributed by atoms with E-state index in [1.807, 2.05) is 0 Å². The van der Waals surface area contributed by atoms with Crippen LogP contribution in [0.5, 0.6) is 0 Å². The van der Waals surface area contributed by atoms with Gasteiger partial charge in [0.15, 0.2) is 5.82 Å². The van der Waals surface area contributed by atoms with Crippen molar-refractivity contribution in [1.29, 1.82) is 0 Å². The fourth-order valence-electron chi connectivity index (χ4n) is 1.91. The molecular formula is C8H14N4. The fraction of sp³-hybridized carbons (Fsp3) is 0.750. The predicted octanol–water partition coefficient (Wildman–Crippen LogP) is 1.04. The van der Waals surface area contributed by atoms with Crippen LogP contribution < -0.4 is 5.84 Å². The molecule has 0 spiro atoms. The van der Waals surface area contributed by atoms with E-state index in [1.54, 1.807) is 0 Å². The monoisotopic (exact) mass is 166 g/mol. The normalized spacial score (nSPS) is 19.7. The number of hydrogen-bond acceptors (Lipinski definition) is 3. The average Bonchev–Trinajstić information content (AvgIpc) is 2.53. The van der Waals surface area contributed by atoms with Crippen LogP contribution in [0.25, 0.3) is 0 Å². The number of nitrogen functional groups attached to an aromatic ring is 1. The van der Waals surface area contributed by atoms with Gasteiger partial charge >= 0.3 is 0 Å². The van der Waals surface area contributed by atoms with E-state index >= 15 is 0 Å². The molecule has 4 heteroatoms. The maximum absolute atomic E-state index is 5.61. The average molecular weight is 166 g/mol. The molecule has 1 aliphatic rings. The van der Waals surface area contributed by atoms with Crippen LogP contribution in [-0.2, 0) is 0 Å². The first-order valence-electron chi connectivity index (χ1n) is 4.53. The van der Waals surface area contributed by atoms with Gasteiger partial charge in [-0.05, 0) is 12.8 Å². The van der Waals surface area contributed by atoms with Crippen molar-refractivity contribution in [3.05, 3.63) is 12.2 Å². The second kappa shape index (κ2) is 3.13. The summed E-state index contributed by atoms with van der Waals surface area (Å²) >= 11 is 0. The third-order valence-corrected chi connectivity index (χ3v) is 2.57. The van der Waals surface area contributed by atoms with Crippen molar-refractivity contribution in [3.63, 3.8) is 0 Å². The van der Waals surface area contributed by atoms with Crippen LogP contribution in [0.4, 0.5) is 0 Å². The molecule has 0 amide bonds. The molecule has 1 heterocycles. The van der Waals surface area contributed by atoms with Crippen LogP contribution in [0.2, 0.25) is 0 Å². The summed E-state index contributed by atoms with van der Waals surface area (Å²) in [5, 5.41) is 3.88. The van der Waals surface area contributed by atoms with Gasteiger partial charge in [0.2, 0.25) is 0 Å². The van der Waals surface area contributed by atoms with Gasteiger partial charge in [-0.3, -0.25) is 0 Å². The highest BCUT2D eigenvalue weighted by Gasteiger charge is 2.19. The minimum Gasteiger partial charge on any atom is -0.321 e. The molecule has 0 unspecified atom stereocenters. The highest BCUT2D eigenvalue weighted by molar-refractivity contribution is 4.96. The van der Waals surface area contributed by atoms with E-state index < -0.39 is 0 Å². The van der Waals surface area contributed by atoms with E-state index in [-0.39, 0.29) is 0 Å². The fourth-order valence-corrected chi connectivity index (χ4v) is 1.91. The van der Waals surface area contributed by atoms with Crippen molar-refractivity contribution in [2.45, 2.75) is 38.0 Å². The van der Waals surface area contributed by atoms with Crippen molar-refractivity contribution in [2.75, 3.05) is 5.84 Å². The largest absolute Gasteiger partial charge is 0.321 e. The van der Waals surface area contributed by atoms with Gasteiger partial charge in [0.25, 0.3) is 0 Å². The summed E-state index contributed by atoms with van der Waals surface area (Å²) in [6.45, 7) is 0. The summed E-state index contributed by atoms with van der Waals surface area (Å²) in [7, 11) is 0. The molecule has 2 N–H and O–H groups in total. The van der Waals surface area contributed by atoms with Crippen molar-refractivity contribution < 1.29 is 0 Å². The number of nitrogens with two attached hydrogens (primary N) is 1. The molecular weight excluding hydrogens is 152 g/mol.